The lowest BCUT2D eigenvalue weighted by Crippen LogP contribution is -2.39. The Balaban J connectivity index is 0.00000280. The molecule has 0 fully saturated rings. The zero-order chi connectivity index (χ0) is 19.2. The van der Waals surface area contributed by atoms with E-state index < -0.39 is 0 Å². The Morgan fingerprint density at radius 2 is 2.07 bits per heavy atom. The molecule has 0 aliphatic heterocycles. The van der Waals surface area contributed by atoms with Gasteiger partial charge in [0.05, 0.1) is 6.04 Å². The van der Waals surface area contributed by atoms with E-state index in [4.69, 9.17) is 0 Å². The Labute approximate surface area is 181 Å². The molecular formula is C20H26FIN6. The van der Waals surface area contributed by atoms with Crippen molar-refractivity contribution in [3.05, 3.63) is 65.4 Å². The van der Waals surface area contributed by atoms with E-state index in [-0.39, 0.29) is 35.8 Å². The highest BCUT2D eigenvalue weighted by Crippen LogP contribution is 2.16. The molecule has 6 nitrogen and oxygen atoms in total. The molecule has 0 spiro atoms. The topological polar surface area (TPSA) is 66.6 Å². The van der Waals surface area contributed by atoms with Crippen LogP contribution in [0.25, 0.3) is 5.65 Å². The van der Waals surface area contributed by atoms with Crippen LogP contribution >= 0.6 is 24.0 Å². The van der Waals surface area contributed by atoms with Gasteiger partial charge in [0.1, 0.15) is 11.6 Å². The summed E-state index contributed by atoms with van der Waals surface area (Å²) < 4.78 is 15.8. The fourth-order valence-corrected chi connectivity index (χ4v) is 2.88. The van der Waals surface area contributed by atoms with E-state index in [1.54, 1.807) is 26.1 Å². The van der Waals surface area contributed by atoms with Crippen LogP contribution in [0, 0.1) is 12.7 Å². The van der Waals surface area contributed by atoms with Crippen molar-refractivity contribution in [1.82, 2.24) is 25.2 Å². The Morgan fingerprint density at radius 3 is 2.82 bits per heavy atom. The van der Waals surface area contributed by atoms with E-state index in [0.29, 0.717) is 11.5 Å². The largest absolute Gasteiger partial charge is 0.356 e. The summed E-state index contributed by atoms with van der Waals surface area (Å²) in [6.07, 6.45) is 3.68. The molecule has 0 saturated carbocycles. The number of guanidine groups is 1. The van der Waals surface area contributed by atoms with E-state index in [2.05, 4.69) is 25.8 Å². The summed E-state index contributed by atoms with van der Waals surface area (Å²) >= 11 is 0. The number of hydrogen-bond acceptors (Lipinski definition) is 3. The third kappa shape index (κ3) is 5.40. The Kier molecular flexibility index (Phi) is 8.16. The summed E-state index contributed by atoms with van der Waals surface area (Å²) in [5, 5.41) is 15.0. The highest BCUT2D eigenvalue weighted by Gasteiger charge is 2.10. The van der Waals surface area contributed by atoms with E-state index >= 15 is 0 Å². The van der Waals surface area contributed by atoms with Crippen LogP contribution in [0.1, 0.15) is 36.3 Å². The number of hydrogen-bond donors (Lipinski definition) is 2. The number of aryl methyl sites for hydroxylation is 2. The zero-order valence-corrected chi connectivity index (χ0v) is 18.6. The minimum atomic E-state index is -0.190. The molecule has 2 aromatic heterocycles. The van der Waals surface area contributed by atoms with Crippen LogP contribution in [0.2, 0.25) is 0 Å². The van der Waals surface area contributed by atoms with Crippen molar-refractivity contribution in [2.45, 2.75) is 32.7 Å². The van der Waals surface area contributed by atoms with Crippen LogP contribution < -0.4 is 10.6 Å². The van der Waals surface area contributed by atoms with Crippen LogP contribution in [-0.2, 0) is 6.42 Å². The number of nitrogens with zero attached hydrogens (tertiary/aromatic N) is 4. The average molecular weight is 496 g/mol. The molecule has 28 heavy (non-hydrogen) atoms. The van der Waals surface area contributed by atoms with Crippen LogP contribution in [0.4, 0.5) is 4.39 Å². The zero-order valence-electron chi connectivity index (χ0n) is 16.3. The molecule has 0 aliphatic carbocycles. The van der Waals surface area contributed by atoms with Gasteiger partial charge in [-0.15, -0.1) is 34.2 Å². The lowest BCUT2D eigenvalue weighted by Gasteiger charge is -2.18. The third-order valence-electron chi connectivity index (χ3n) is 4.53. The molecule has 0 radical (unpaired) electrons. The molecule has 2 heterocycles. The summed E-state index contributed by atoms with van der Waals surface area (Å²) in [6.45, 7) is 4.49. The van der Waals surface area contributed by atoms with Crippen molar-refractivity contribution in [1.29, 1.82) is 0 Å². The number of halogens is 2. The molecule has 0 amide bonds. The Bertz CT molecular complexity index is 939. The molecule has 0 aliphatic rings. The summed E-state index contributed by atoms with van der Waals surface area (Å²) in [6, 6.07) is 11.1. The number of rotatable bonds is 6. The summed E-state index contributed by atoms with van der Waals surface area (Å²) in [5.41, 5.74) is 2.39. The number of aliphatic imine (C=N–C) groups is 1. The van der Waals surface area contributed by atoms with Crippen molar-refractivity contribution in [3.8, 4) is 0 Å². The minimum absolute atomic E-state index is 0. The fourth-order valence-electron chi connectivity index (χ4n) is 2.88. The molecule has 1 unspecified atom stereocenters. The van der Waals surface area contributed by atoms with Gasteiger partial charge >= 0.3 is 0 Å². The lowest BCUT2D eigenvalue weighted by atomic mass is 10.1. The first-order valence-electron chi connectivity index (χ1n) is 9.10. The van der Waals surface area contributed by atoms with Crippen molar-refractivity contribution in [2.24, 2.45) is 4.99 Å². The number of fused-ring (bicyclic) bond motifs is 1. The first-order chi connectivity index (χ1) is 13.1. The summed E-state index contributed by atoms with van der Waals surface area (Å²) in [7, 11) is 1.73. The van der Waals surface area contributed by atoms with E-state index in [9.17, 15) is 4.39 Å². The van der Waals surface area contributed by atoms with Crippen LogP contribution in [0.5, 0.6) is 0 Å². The average Bonchev–Trinajstić information content (AvgIpc) is 3.09. The third-order valence-corrected chi connectivity index (χ3v) is 4.53. The number of nitrogens with one attached hydrogen (secondary N) is 2. The second-order valence-corrected chi connectivity index (χ2v) is 6.52. The summed E-state index contributed by atoms with van der Waals surface area (Å²) in [5.74, 6) is 1.44. The van der Waals surface area contributed by atoms with Crippen molar-refractivity contribution in [2.75, 3.05) is 13.6 Å². The van der Waals surface area contributed by atoms with Gasteiger partial charge in [0.25, 0.3) is 0 Å². The van der Waals surface area contributed by atoms with E-state index in [1.165, 1.54) is 0 Å². The molecule has 0 bridgehead atoms. The maximum atomic E-state index is 13.8. The van der Waals surface area contributed by atoms with Crippen LogP contribution in [0.15, 0.2) is 47.6 Å². The Morgan fingerprint density at radius 1 is 1.25 bits per heavy atom. The van der Waals surface area contributed by atoms with Crippen molar-refractivity contribution < 1.29 is 4.39 Å². The molecular weight excluding hydrogens is 470 g/mol. The second kappa shape index (κ2) is 10.4. The van der Waals surface area contributed by atoms with E-state index in [1.807, 2.05) is 41.8 Å². The predicted molar refractivity (Wildman–Crippen MR) is 121 cm³/mol. The minimum Gasteiger partial charge on any atom is -0.356 e. The van der Waals surface area contributed by atoms with Gasteiger partial charge in [0, 0.05) is 26.2 Å². The second-order valence-electron chi connectivity index (χ2n) is 6.52. The van der Waals surface area contributed by atoms with Gasteiger partial charge in [-0.05, 0) is 49.6 Å². The quantitative estimate of drug-likeness (QED) is 0.237. The van der Waals surface area contributed by atoms with Crippen LogP contribution in [-0.4, -0.2) is 34.2 Å². The van der Waals surface area contributed by atoms with Crippen molar-refractivity contribution >= 4 is 35.6 Å². The lowest BCUT2D eigenvalue weighted by molar-refractivity contribution is 0.607. The Hall–Kier alpha value is -2.23. The number of benzene rings is 1. The smallest absolute Gasteiger partial charge is 0.191 e. The molecule has 3 aromatic rings. The number of pyridine rings is 1. The number of aromatic nitrogens is 3. The van der Waals surface area contributed by atoms with Gasteiger partial charge in [0.15, 0.2) is 11.6 Å². The molecule has 0 saturated heterocycles. The SMILES string of the molecule is CN=C(NCCCc1nnc2ccccn12)NC(C)c1ccc(C)c(F)c1.I. The monoisotopic (exact) mass is 496 g/mol. The highest BCUT2D eigenvalue weighted by atomic mass is 127. The van der Waals surface area contributed by atoms with Gasteiger partial charge < -0.3 is 10.6 Å². The van der Waals surface area contributed by atoms with Gasteiger partial charge in [-0.2, -0.15) is 0 Å². The normalized spacial score (nSPS) is 12.5. The molecule has 1 aromatic carbocycles. The maximum Gasteiger partial charge on any atom is 0.191 e. The van der Waals surface area contributed by atoms with Gasteiger partial charge in [-0.3, -0.25) is 9.39 Å². The molecule has 1 atom stereocenters. The van der Waals surface area contributed by atoms with Gasteiger partial charge in [-0.1, -0.05) is 18.2 Å². The highest BCUT2D eigenvalue weighted by molar-refractivity contribution is 14.0. The molecule has 2 N–H and O–H groups in total. The first-order valence-corrected chi connectivity index (χ1v) is 9.10. The molecule has 150 valence electrons. The fraction of sp³-hybridized carbons (Fsp3) is 0.350. The maximum absolute atomic E-state index is 13.8. The van der Waals surface area contributed by atoms with Crippen molar-refractivity contribution in [3.63, 3.8) is 0 Å². The first kappa shape index (κ1) is 22.1. The van der Waals surface area contributed by atoms with Crippen LogP contribution in [0.3, 0.4) is 0 Å². The summed E-state index contributed by atoms with van der Waals surface area (Å²) in [4.78, 5) is 4.25. The van der Waals surface area contributed by atoms with Gasteiger partial charge in [-0.25, -0.2) is 4.39 Å². The van der Waals surface area contributed by atoms with E-state index in [0.717, 1.165) is 36.4 Å². The standard InChI is InChI=1S/C20H25FN6.HI/c1-14-9-10-16(13-17(14)21)15(2)24-20(22-3)23-11-6-8-19-26-25-18-7-4-5-12-27(18)19;/h4-5,7,9-10,12-13,15H,6,8,11H2,1-3H3,(H2,22,23,24);1H. The molecule has 3 rings (SSSR count). The van der Waals surface area contributed by atoms with Gasteiger partial charge in [0.2, 0.25) is 0 Å². The predicted octanol–water partition coefficient (Wildman–Crippen LogP) is 3.65. The molecule has 8 heteroatoms.